The number of nitrogens with zero attached hydrogens (tertiary/aromatic N) is 3. The minimum absolute atomic E-state index is 0.0437. The second kappa shape index (κ2) is 7.21. The highest BCUT2D eigenvalue weighted by molar-refractivity contribution is 7.98. The number of anilines is 1. The molecule has 1 fully saturated rings. The highest BCUT2D eigenvalue weighted by Crippen LogP contribution is 2.33. The second-order valence-corrected chi connectivity index (χ2v) is 6.75. The van der Waals surface area contributed by atoms with Gasteiger partial charge >= 0.3 is 6.18 Å². The summed E-state index contributed by atoms with van der Waals surface area (Å²) in [4.78, 5) is 11.7. The first kappa shape index (κ1) is 18.0. The Labute approximate surface area is 148 Å². The van der Waals surface area contributed by atoms with Gasteiger partial charge in [0, 0.05) is 17.3 Å². The predicted octanol–water partition coefficient (Wildman–Crippen LogP) is 4.18. The third-order valence-corrected chi connectivity index (χ3v) is 4.81. The summed E-state index contributed by atoms with van der Waals surface area (Å²) in [7, 11) is 0. The van der Waals surface area contributed by atoms with Gasteiger partial charge in [0.15, 0.2) is 0 Å². The van der Waals surface area contributed by atoms with Crippen molar-refractivity contribution >= 4 is 17.7 Å². The zero-order valence-electron chi connectivity index (χ0n) is 13.8. The van der Waals surface area contributed by atoms with E-state index in [1.54, 1.807) is 30.2 Å². The Morgan fingerprint density at radius 2 is 1.96 bits per heavy atom. The molecule has 0 radical (unpaired) electrons. The lowest BCUT2D eigenvalue weighted by Crippen LogP contribution is -2.46. The molecule has 25 heavy (non-hydrogen) atoms. The molecule has 0 bridgehead atoms. The second-order valence-electron chi connectivity index (χ2n) is 5.87. The van der Waals surface area contributed by atoms with Crippen molar-refractivity contribution in [3.63, 3.8) is 0 Å². The van der Waals surface area contributed by atoms with E-state index in [9.17, 15) is 13.2 Å². The number of aromatic nitrogens is 2. The van der Waals surface area contributed by atoms with Crippen molar-refractivity contribution in [1.29, 1.82) is 0 Å². The Balaban J connectivity index is 1.82. The highest BCUT2D eigenvalue weighted by atomic mass is 32.2. The third kappa shape index (κ3) is 4.07. The Hall–Kier alpha value is -1.80. The fraction of sp³-hybridized carbons (Fsp3) is 0.412. The maximum atomic E-state index is 12.9. The number of thioether (sulfide) groups is 1. The van der Waals surface area contributed by atoms with Crippen LogP contribution in [0.25, 0.3) is 0 Å². The molecule has 1 aromatic heterocycles. The molecule has 0 saturated carbocycles. The van der Waals surface area contributed by atoms with E-state index in [2.05, 4.69) is 9.97 Å². The van der Waals surface area contributed by atoms with Gasteiger partial charge in [-0.05, 0) is 30.9 Å². The molecular weight excluding hydrogens is 351 g/mol. The molecular formula is C17H18F3N3OS. The quantitative estimate of drug-likeness (QED) is 0.759. The summed E-state index contributed by atoms with van der Waals surface area (Å²) in [5, 5.41) is 0. The van der Waals surface area contributed by atoms with Crippen molar-refractivity contribution in [3.05, 3.63) is 47.8 Å². The summed E-state index contributed by atoms with van der Waals surface area (Å²) in [6.45, 7) is 2.78. The minimum Gasteiger partial charge on any atom is -0.370 e. The van der Waals surface area contributed by atoms with Crippen LogP contribution in [0.3, 0.4) is 0 Å². The zero-order valence-corrected chi connectivity index (χ0v) is 14.6. The van der Waals surface area contributed by atoms with E-state index in [1.165, 1.54) is 6.07 Å². The SMILES string of the molecule is CSc1cnc(N2C[C@H](c3cccc(C(F)(F)F)c3)OC[C@@H]2C)nc1. The van der Waals surface area contributed by atoms with Gasteiger partial charge in [-0.2, -0.15) is 13.2 Å². The number of alkyl halides is 3. The van der Waals surface area contributed by atoms with Crippen LogP contribution >= 0.6 is 11.8 Å². The first-order valence-electron chi connectivity index (χ1n) is 7.80. The van der Waals surface area contributed by atoms with Crippen LogP contribution in [0.15, 0.2) is 41.6 Å². The minimum atomic E-state index is -4.37. The van der Waals surface area contributed by atoms with Crippen LogP contribution in [0.4, 0.5) is 19.1 Å². The molecule has 1 aliphatic heterocycles. The maximum absolute atomic E-state index is 12.9. The van der Waals surface area contributed by atoms with Gasteiger partial charge in [-0.3, -0.25) is 0 Å². The Kier molecular flexibility index (Phi) is 5.19. The van der Waals surface area contributed by atoms with Gasteiger partial charge < -0.3 is 9.64 Å². The van der Waals surface area contributed by atoms with Crippen LogP contribution in [-0.4, -0.2) is 35.4 Å². The molecule has 1 aliphatic rings. The topological polar surface area (TPSA) is 38.2 Å². The van der Waals surface area contributed by atoms with Crippen molar-refractivity contribution in [1.82, 2.24) is 9.97 Å². The Bertz CT molecular complexity index is 724. The molecule has 1 aromatic carbocycles. The van der Waals surface area contributed by atoms with E-state index in [0.29, 0.717) is 24.7 Å². The highest BCUT2D eigenvalue weighted by Gasteiger charge is 2.33. The van der Waals surface area contributed by atoms with Crippen molar-refractivity contribution in [3.8, 4) is 0 Å². The molecule has 2 aromatic rings. The van der Waals surface area contributed by atoms with Crippen molar-refractivity contribution in [2.45, 2.75) is 30.1 Å². The van der Waals surface area contributed by atoms with Crippen molar-refractivity contribution in [2.75, 3.05) is 24.3 Å². The Morgan fingerprint density at radius 3 is 2.60 bits per heavy atom. The van der Waals surface area contributed by atoms with Gasteiger partial charge in [0.25, 0.3) is 0 Å². The fourth-order valence-corrected chi connectivity index (χ4v) is 3.03. The number of benzene rings is 1. The standard InChI is InChI=1S/C17H18F3N3OS/c1-11-10-24-15(12-4-3-5-13(6-12)17(18,19)20)9-23(11)16-21-7-14(25-2)8-22-16/h3-8,11,15H,9-10H2,1-2H3/t11-,15+/m0/s1. The first-order valence-corrected chi connectivity index (χ1v) is 9.02. The summed E-state index contributed by atoms with van der Waals surface area (Å²) in [6.07, 6.45) is 0.610. The summed E-state index contributed by atoms with van der Waals surface area (Å²) in [5.41, 5.74) is -0.160. The van der Waals surface area contributed by atoms with E-state index < -0.39 is 17.8 Å². The van der Waals surface area contributed by atoms with Gasteiger partial charge in [0.2, 0.25) is 5.95 Å². The van der Waals surface area contributed by atoms with Crippen molar-refractivity contribution in [2.24, 2.45) is 0 Å². The number of rotatable bonds is 3. The number of hydrogen-bond donors (Lipinski definition) is 0. The summed E-state index contributed by atoms with van der Waals surface area (Å²) in [6, 6.07) is 5.33. The maximum Gasteiger partial charge on any atom is 0.416 e. The lowest BCUT2D eigenvalue weighted by molar-refractivity contribution is -0.137. The number of hydrogen-bond acceptors (Lipinski definition) is 5. The molecule has 134 valence electrons. The molecule has 0 aliphatic carbocycles. The van der Waals surface area contributed by atoms with Crippen LogP contribution < -0.4 is 4.90 Å². The van der Waals surface area contributed by atoms with Gasteiger partial charge in [-0.15, -0.1) is 11.8 Å². The van der Waals surface area contributed by atoms with Crippen LogP contribution in [0, 0.1) is 0 Å². The number of morpholine rings is 1. The van der Waals surface area contributed by atoms with Crippen LogP contribution in [0.2, 0.25) is 0 Å². The van der Waals surface area contributed by atoms with Crippen LogP contribution in [0.5, 0.6) is 0 Å². The number of ether oxygens (including phenoxy) is 1. The lowest BCUT2D eigenvalue weighted by Gasteiger charge is -2.38. The third-order valence-electron chi connectivity index (χ3n) is 4.13. The molecule has 3 rings (SSSR count). The molecule has 0 N–H and O–H groups in total. The predicted molar refractivity (Wildman–Crippen MR) is 90.8 cm³/mol. The summed E-state index contributed by atoms with van der Waals surface area (Å²) < 4.78 is 44.6. The fourth-order valence-electron chi connectivity index (χ4n) is 2.72. The van der Waals surface area contributed by atoms with Crippen molar-refractivity contribution < 1.29 is 17.9 Å². The molecule has 8 heteroatoms. The molecule has 2 heterocycles. The van der Waals surface area contributed by atoms with Crippen LogP contribution in [-0.2, 0) is 10.9 Å². The van der Waals surface area contributed by atoms with Crippen LogP contribution in [0.1, 0.15) is 24.2 Å². The van der Waals surface area contributed by atoms with E-state index in [-0.39, 0.29) is 6.04 Å². The lowest BCUT2D eigenvalue weighted by atomic mass is 10.0. The molecule has 4 nitrogen and oxygen atoms in total. The largest absolute Gasteiger partial charge is 0.416 e. The summed E-state index contributed by atoms with van der Waals surface area (Å²) in [5.74, 6) is 0.561. The Morgan fingerprint density at radius 1 is 1.24 bits per heavy atom. The van der Waals surface area contributed by atoms with E-state index in [0.717, 1.165) is 17.0 Å². The van der Waals surface area contributed by atoms with Gasteiger partial charge in [0.05, 0.1) is 24.8 Å². The van der Waals surface area contributed by atoms with Gasteiger partial charge in [0.1, 0.15) is 6.10 Å². The van der Waals surface area contributed by atoms with E-state index >= 15 is 0 Å². The normalized spacial score (nSPS) is 21.4. The molecule has 0 unspecified atom stereocenters. The smallest absolute Gasteiger partial charge is 0.370 e. The number of halogens is 3. The molecule has 1 saturated heterocycles. The van der Waals surface area contributed by atoms with E-state index in [1.807, 2.05) is 18.1 Å². The van der Waals surface area contributed by atoms with Gasteiger partial charge in [-0.1, -0.05) is 12.1 Å². The average molecular weight is 369 g/mol. The monoisotopic (exact) mass is 369 g/mol. The molecule has 2 atom stereocenters. The van der Waals surface area contributed by atoms with Gasteiger partial charge in [-0.25, -0.2) is 9.97 Å². The molecule has 0 spiro atoms. The summed E-state index contributed by atoms with van der Waals surface area (Å²) >= 11 is 1.55. The first-order chi connectivity index (χ1) is 11.9. The molecule has 0 amide bonds. The van der Waals surface area contributed by atoms with E-state index in [4.69, 9.17) is 4.74 Å². The average Bonchev–Trinajstić information content (AvgIpc) is 2.62. The zero-order chi connectivity index (χ0) is 18.0.